The van der Waals surface area contributed by atoms with Crippen LogP contribution < -0.4 is 11.1 Å². The molecular weight excluding hydrogens is 170 g/mol. The van der Waals surface area contributed by atoms with Crippen molar-refractivity contribution >= 4 is 5.91 Å². The second-order valence-corrected chi connectivity index (χ2v) is 3.03. The van der Waals surface area contributed by atoms with Crippen molar-refractivity contribution in [3.05, 3.63) is 0 Å². The highest BCUT2D eigenvalue weighted by molar-refractivity contribution is 5.78. The molecule has 0 aromatic heterocycles. The van der Waals surface area contributed by atoms with Gasteiger partial charge in [-0.1, -0.05) is 0 Å². The Hall–Kier alpha value is -0.650. The Morgan fingerprint density at radius 2 is 2.38 bits per heavy atom. The van der Waals surface area contributed by atoms with E-state index in [1.165, 1.54) is 0 Å². The molecule has 0 aliphatic carbocycles. The van der Waals surface area contributed by atoms with Crippen LogP contribution in [0.4, 0.5) is 0 Å². The van der Waals surface area contributed by atoms with Crippen molar-refractivity contribution in [2.24, 2.45) is 5.73 Å². The fraction of sp³-hybridized carbons (Fsp3) is 0.875. The second-order valence-electron chi connectivity index (χ2n) is 3.03. The lowest BCUT2D eigenvalue weighted by atomic mass is 10.3. The van der Waals surface area contributed by atoms with Gasteiger partial charge in [-0.15, -0.1) is 0 Å². The van der Waals surface area contributed by atoms with Gasteiger partial charge in [-0.2, -0.15) is 0 Å². The summed E-state index contributed by atoms with van der Waals surface area (Å²) in [5.74, 6) is 0.102. The van der Waals surface area contributed by atoms with Crippen molar-refractivity contribution in [1.29, 1.82) is 0 Å². The molecule has 0 aromatic carbocycles. The molecule has 76 valence electrons. The van der Waals surface area contributed by atoms with E-state index in [-0.39, 0.29) is 5.91 Å². The van der Waals surface area contributed by atoms with E-state index in [1.54, 1.807) is 0 Å². The van der Waals surface area contributed by atoms with Crippen LogP contribution in [0.25, 0.3) is 0 Å². The number of hydrogen-bond donors (Lipinski definition) is 2. The molecule has 1 heterocycles. The average molecular weight is 187 g/mol. The van der Waals surface area contributed by atoms with E-state index in [1.807, 2.05) is 0 Å². The molecule has 1 rings (SSSR count). The summed E-state index contributed by atoms with van der Waals surface area (Å²) in [6.07, 6.45) is 0. The summed E-state index contributed by atoms with van der Waals surface area (Å²) in [5, 5.41) is 2.77. The number of amides is 1. The van der Waals surface area contributed by atoms with E-state index in [9.17, 15) is 4.79 Å². The molecule has 3 N–H and O–H groups in total. The number of nitrogens with one attached hydrogen (secondary N) is 1. The van der Waals surface area contributed by atoms with Gasteiger partial charge in [-0.25, -0.2) is 0 Å². The highest BCUT2D eigenvalue weighted by Gasteiger charge is 2.14. The zero-order chi connectivity index (χ0) is 9.52. The number of hydrogen-bond acceptors (Lipinski definition) is 4. The highest BCUT2D eigenvalue weighted by Crippen LogP contribution is 1.92. The Morgan fingerprint density at radius 1 is 1.54 bits per heavy atom. The molecule has 1 amide bonds. The molecule has 0 aromatic rings. The first-order chi connectivity index (χ1) is 6.33. The van der Waals surface area contributed by atoms with Crippen molar-refractivity contribution in [2.75, 3.05) is 45.9 Å². The molecule has 0 saturated carbocycles. The minimum absolute atomic E-state index is 0.102. The summed E-state index contributed by atoms with van der Waals surface area (Å²) in [7, 11) is 0. The predicted octanol–water partition coefficient (Wildman–Crippen LogP) is -1.61. The molecule has 1 aliphatic heterocycles. The largest absolute Gasteiger partial charge is 0.379 e. The lowest BCUT2D eigenvalue weighted by Crippen LogP contribution is -2.48. The third-order valence-corrected chi connectivity index (χ3v) is 1.93. The lowest BCUT2D eigenvalue weighted by molar-refractivity contribution is -0.124. The van der Waals surface area contributed by atoms with Gasteiger partial charge in [0.15, 0.2) is 0 Å². The maximum Gasteiger partial charge on any atom is 0.234 e. The molecule has 0 atom stereocenters. The maximum atomic E-state index is 10.9. The first-order valence-corrected chi connectivity index (χ1v) is 4.60. The summed E-state index contributed by atoms with van der Waals surface area (Å²) in [5.41, 5.74) is 5.27. The molecule has 1 saturated heterocycles. The smallest absolute Gasteiger partial charge is 0.234 e. The molecule has 0 spiro atoms. The molecule has 0 bridgehead atoms. The summed E-state index contributed by atoms with van der Waals surface area (Å²) < 4.78 is 5.22. The number of rotatable bonds is 5. The van der Waals surface area contributed by atoms with E-state index in [0.29, 0.717) is 26.3 Å². The molecule has 1 aliphatic rings. The van der Waals surface area contributed by atoms with E-state index < -0.39 is 0 Å². The number of nitrogens with two attached hydrogens (primary N) is 1. The number of carbonyl (C=O) groups excluding carboxylic acids is 1. The SMILES string of the molecule is NCCOCCN1CCNC(=O)C1. The Balaban J connectivity index is 2.03. The first-order valence-electron chi connectivity index (χ1n) is 4.60. The molecule has 0 radical (unpaired) electrons. The summed E-state index contributed by atoms with van der Waals surface area (Å²) in [6.45, 7) is 4.78. The van der Waals surface area contributed by atoms with Crippen molar-refractivity contribution in [3.8, 4) is 0 Å². The topological polar surface area (TPSA) is 67.6 Å². The van der Waals surface area contributed by atoms with E-state index >= 15 is 0 Å². The zero-order valence-corrected chi connectivity index (χ0v) is 7.79. The van der Waals surface area contributed by atoms with E-state index in [4.69, 9.17) is 10.5 Å². The third kappa shape index (κ3) is 4.21. The van der Waals surface area contributed by atoms with Gasteiger partial charge >= 0.3 is 0 Å². The van der Waals surface area contributed by atoms with Gasteiger partial charge in [0, 0.05) is 26.2 Å². The number of nitrogens with zero attached hydrogens (tertiary/aromatic N) is 1. The molecular formula is C8H17N3O2. The minimum Gasteiger partial charge on any atom is -0.379 e. The Labute approximate surface area is 78.2 Å². The van der Waals surface area contributed by atoms with Crippen LogP contribution in [0.15, 0.2) is 0 Å². The van der Waals surface area contributed by atoms with Crippen LogP contribution in [0.5, 0.6) is 0 Å². The Bertz CT molecular complexity index is 163. The molecule has 1 fully saturated rings. The monoisotopic (exact) mass is 187 g/mol. The minimum atomic E-state index is 0.102. The maximum absolute atomic E-state index is 10.9. The fourth-order valence-electron chi connectivity index (χ4n) is 1.26. The van der Waals surface area contributed by atoms with Gasteiger partial charge in [-0.05, 0) is 0 Å². The standard InChI is InChI=1S/C8H17N3O2/c9-1-5-13-6-4-11-3-2-10-8(12)7-11/h1-7,9H2,(H,10,12). The van der Waals surface area contributed by atoms with Crippen LogP contribution in [-0.2, 0) is 9.53 Å². The normalized spacial score (nSPS) is 18.7. The molecule has 13 heavy (non-hydrogen) atoms. The predicted molar refractivity (Wildman–Crippen MR) is 49.3 cm³/mol. The third-order valence-electron chi connectivity index (χ3n) is 1.93. The molecule has 0 unspecified atom stereocenters. The summed E-state index contributed by atoms with van der Waals surface area (Å²) in [6, 6.07) is 0. The van der Waals surface area contributed by atoms with E-state index in [0.717, 1.165) is 19.6 Å². The van der Waals surface area contributed by atoms with Gasteiger partial charge in [0.1, 0.15) is 0 Å². The van der Waals surface area contributed by atoms with Crippen molar-refractivity contribution < 1.29 is 9.53 Å². The molecule has 5 heteroatoms. The summed E-state index contributed by atoms with van der Waals surface area (Å²) >= 11 is 0. The van der Waals surface area contributed by atoms with Crippen LogP contribution in [-0.4, -0.2) is 56.7 Å². The van der Waals surface area contributed by atoms with Gasteiger partial charge < -0.3 is 15.8 Å². The van der Waals surface area contributed by atoms with Crippen LogP contribution in [0.2, 0.25) is 0 Å². The highest BCUT2D eigenvalue weighted by atomic mass is 16.5. The summed E-state index contributed by atoms with van der Waals surface area (Å²) in [4.78, 5) is 13.0. The van der Waals surface area contributed by atoms with Gasteiger partial charge in [0.25, 0.3) is 0 Å². The van der Waals surface area contributed by atoms with Gasteiger partial charge in [0.05, 0.1) is 19.8 Å². The second kappa shape index (κ2) is 5.90. The zero-order valence-electron chi connectivity index (χ0n) is 7.79. The quantitative estimate of drug-likeness (QED) is 0.508. The van der Waals surface area contributed by atoms with Crippen LogP contribution in [0.1, 0.15) is 0 Å². The van der Waals surface area contributed by atoms with Crippen molar-refractivity contribution in [3.63, 3.8) is 0 Å². The lowest BCUT2D eigenvalue weighted by Gasteiger charge is -2.26. The van der Waals surface area contributed by atoms with Crippen LogP contribution >= 0.6 is 0 Å². The van der Waals surface area contributed by atoms with Crippen LogP contribution in [0.3, 0.4) is 0 Å². The average Bonchev–Trinajstić information content (AvgIpc) is 2.13. The Morgan fingerprint density at radius 3 is 3.08 bits per heavy atom. The van der Waals surface area contributed by atoms with Gasteiger partial charge in [0.2, 0.25) is 5.91 Å². The first kappa shape index (κ1) is 10.4. The number of carbonyl (C=O) groups is 1. The fourth-order valence-corrected chi connectivity index (χ4v) is 1.26. The van der Waals surface area contributed by atoms with Crippen molar-refractivity contribution in [2.45, 2.75) is 0 Å². The number of piperazine rings is 1. The van der Waals surface area contributed by atoms with Gasteiger partial charge in [-0.3, -0.25) is 9.69 Å². The number of ether oxygens (including phenoxy) is 1. The van der Waals surface area contributed by atoms with Crippen LogP contribution in [0, 0.1) is 0 Å². The van der Waals surface area contributed by atoms with Crippen molar-refractivity contribution in [1.82, 2.24) is 10.2 Å². The van der Waals surface area contributed by atoms with E-state index in [2.05, 4.69) is 10.2 Å². The molecule has 5 nitrogen and oxygen atoms in total. The Kier molecular flexibility index (Phi) is 4.74.